The molecule has 0 unspecified atom stereocenters. The molecule has 2 N–H and O–H groups in total. The number of likely N-dealkylation sites (tertiary alicyclic amines) is 1. The molecule has 0 saturated carbocycles. The van der Waals surface area contributed by atoms with E-state index in [0.29, 0.717) is 12.2 Å². The molecule has 1 amide bonds. The number of carbonyl (C=O) groups excluding carboxylic acids is 1. The number of ether oxygens (including phenoxy) is 1. The highest BCUT2D eigenvalue weighted by Crippen LogP contribution is 2.38. The van der Waals surface area contributed by atoms with Crippen molar-refractivity contribution in [1.29, 1.82) is 0 Å². The molecule has 1 atom stereocenters. The van der Waals surface area contributed by atoms with E-state index in [-0.39, 0.29) is 17.6 Å². The van der Waals surface area contributed by atoms with Crippen LogP contribution >= 0.6 is 0 Å². The summed E-state index contributed by atoms with van der Waals surface area (Å²) in [5, 5.41) is 12.8. The third-order valence-electron chi connectivity index (χ3n) is 5.00. The molecular formula is C17H27N5O2. The second-order valence-electron chi connectivity index (χ2n) is 7.11. The Labute approximate surface area is 142 Å². The molecular weight excluding hydrogens is 306 g/mol. The minimum absolute atomic E-state index is 0.0186. The van der Waals surface area contributed by atoms with Gasteiger partial charge in [0, 0.05) is 26.2 Å². The minimum Gasteiger partial charge on any atom is -0.370 e. The zero-order valence-electron chi connectivity index (χ0n) is 14.5. The number of H-pyrrole nitrogens is 1. The summed E-state index contributed by atoms with van der Waals surface area (Å²) in [4.78, 5) is 14.4. The quantitative estimate of drug-likeness (QED) is 0.798. The number of allylic oxidation sites excluding steroid dienone is 1. The van der Waals surface area contributed by atoms with Gasteiger partial charge in [0.05, 0.1) is 17.9 Å². The van der Waals surface area contributed by atoms with Crippen LogP contribution in [0.3, 0.4) is 0 Å². The Kier molecular flexibility index (Phi) is 5.30. The van der Waals surface area contributed by atoms with E-state index < -0.39 is 0 Å². The SMILES string of the molecule is CC(C)=CCN1CCC2(CC[C@H](CNC(=O)c3cn[nH]n3)O2)CC1. The van der Waals surface area contributed by atoms with E-state index in [2.05, 4.69) is 45.6 Å². The van der Waals surface area contributed by atoms with Crippen LogP contribution in [0.1, 0.15) is 50.0 Å². The van der Waals surface area contributed by atoms with Crippen LogP contribution < -0.4 is 5.32 Å². The normalized spacial score (nSPS) is 23.3. The number of carbonyl (C=O) groups is 1. The lowest BCUT2D eigenvalue weighted by Gasteiger charge is -2.39. The van der Waals surface area contributed by atoms with E-state index in [0.717, 1.165) is 45.3 Å². The predicted octanol–water partition coefficient (Wildman–Crippen LogP) is 1.51. The number of aromatic amines is 1. The van der Waals surface area contributed by atoms with Gasteiger partial charge >= 0.3 is 0 Å². The van der Waals surface area contributed by atoms with Gasteiger partial charge in [0.1, 0.15) is 0 Å². The minimum atomic E-state index is -0.204. The van der Waals surface area contributed by atoms with E-state index >= 15 is 0 Å². The van der Waals surface area contributed by atoms with Gasteiger partial charge in [0.25, 0.3) is 5.91 Å². The smallest absolute Gasteiger partial charge is 0.273 e. The predicted molar refractivity (Wildman–Crippen MR) is 90.7 cm³/mol. The lowest BCUT2D eigenvalue weighted by molar-refractivity contribution is -0.0741. The molecule has 132 valence electrons. The molecule has 0 bridgehead atoms. The average molecular weight is 333 g/mol. The maximum absolute atomic E-state index is 11.9. The highest BCUT2D eigenvalue weighted by Gasteiger charge is 2.42. The molecule has 1 aromatic rings. The van der Waals surface area contributed by atoms with Gasteiger partial charge in [-0.3, -0.25) is 9.69 Å². The number of rotatable bonds is 5. The van der Waals surface area contributed by atoms with Gasteiger partial charge in [0.2, 0.25) is 0 Å². The average Bonchev–Trinajstić information content (AvgIpc) is 3.23. The van der Waals surface area contributed by atoms with Crippen molar-refractivity contribution in [2.75, 3.05) is 26.2 Å². The molecule has 3 heterocycles. The van der Waals surface area contributed by atoms with Crippen molar-refractivity contribution in [2.45, 2.75) is 51.2 Å². The van der Waals surface area contributed by atoms with Gasteiger partial charge in [-0.1, -0.05) is 11.6 Å². The second-order valence-corrected chi connectivity index (χ2v) is 7.11. The fraction of sp³-hybridized carbons (Fsp3) is 0.706. The first-order valence-electron chi connectivity index (χ1n) is 8.74. The maximum atomic E-state index is 11.9. The van der Waals surface area contributed by atoms with Gasteiger partial charge < -0.3 is 10.1 Å². The molecule has 1 spiro atoms. The van der Waals surface area contributed by atoms with Crippen molar-refractivity contribution in [3.05, 3.63) is 23.5 Å². The van der Waals surface area contributed by atoms with Crippen molar-refractivity contribution in [3.63, 3.8) is 0 Å². The van der Waals surface area contributed by atoms with Crippen molar-refractivity contribution in [3.8, 4) is 0 Å². The fourth-order valence-corrected chi connectivity index (χ4v) is 3.47. The first kappa shape index (κ1) is 17.1. The number of nitrogens with zero attached hydrogens (tertiary/aromatic N) is 3. The highest BCUT2D eigenvalue weighted by molar-refractivity contribution is 5.91. The Bertz CT molecular complexity index is 572. The van der Waals surface area contributed by atoms with Crippen molar-refractivity contribution in [2.24, 2.45) is 0 Å². The first-order chi connectivity index (χ1) is 11.6. The lowest BCUT2D eigenvalue weighted by atomic mass is 9.88. The molecule has 3 rings (SSSR count). The van der Waals surface area contributed by atoms with Crippen molar-refractivity contribution in [1.82, 2.24) is 25.6 Å². The van der Waals surface area contributed by atoms with Crippen LogP contribution in [-0.4, -0.2) is 64.1 Å². The van der Waals surface area contributed by atoms with Gasteiger partial charge in [0.15, 0.2) is 5.69 Å². The number of aromatic nitrogens is 3. The summed E-state index contributed by atoms with van der Waals surface area (Å²) in [6.07, 6.45) is 8.07. The number of hydrogen-bond acceptors (Lipinski definition) is 5. The Morgan fingerprint density at radius 3 is 2.92 bits per heavy atom. The van der Waals surface area contributed by atoms with E-state index in [9.17, 15) is 4.79 Å². The van der Waals surface area contributed by atoms with Crippen LogP contribution in [0.5, 0.6) is 0 Å². The zero-order valence-corrected chi connectivity index (χ0v) is 14.5. The van der Waals surface area contributed by atoms with E-state index in [4.69, 9.17) is 4.74 Å². The Hall–Kier alpha value is -1.73. The standard InChI is InChI=1S/C17H27N5O2/c1-13(2)4-8-22-9-6-17(7-10-22)5-3-14(24-17)11-18-16(23)15-12-19-21-20-15/h4,12,14H,3,5-11H2,1-2H3,(H,18,23)(H,19,20,21)/t14-/m1/s1. The van der Waals surface area contributed by atoms with Crippen LogP contribution in [0, 0.1) is 0 Å². The van der Waals surface area contributed by atoms with Crippen LogP contribution in [0.25, 0.3) is 0 Å². The lowest BCUT2D eigenvalue weighted by Crippen LogP contribution is -2.45. The molecule has 2 aliphatic rings. The first-order valence-corrected chi connectivity index (χ1v) is 8.74. The number of nitrogens with one attached hydrogen (secondary N) is 2. The summed E-state index contributed by atoms with van der Waals surface area (Å²) in [7, 11) is 0. The summed E-state index contributed by atoms with van der Waals surface area (Å²) in [5.41, 5.74) is 1.70. The molecule has 0 aliphatic carbocycles. The molecule has 24 heavy (non-hydrogen) atoms. The molecule has 7 nitrogen and oxygen atoms in total. The number of hydrogen-bond donors (Lipinski definition) is 2. The Morgan fingerprint density at radius 2 is 2.25 bits per heavy atom. The highest BCUT2D eigenvalue weighted by atomic mass is 16.5. The zero-order chi connectivity index (χ0) is 17.0. The van der Waals surface area contributed by atoms with Crippen LogP contribution in [0.4, 0.5) is 0 Å². The number of amides is 1. The monoisotopic (exact) mass is 333 g/mol. The van der Waals surface area contributed by atoms with Gasteiger partial charge in [-0.2, -0.15) is 15.4 Å². The summed E-state index contributed by atoms with van der Waals surface area (Å²) in [5.74, 6) is -0.204. The van der Waals surface area contributed by atoms with E-state index in [1.54, 1.807) is 0 Å². The molecule has 7 heteroatoms. The van der Waals surface area contributed by atoms with Crippen molar-refractivity contribution < 1.29 is 9.53 Å². The fourth-order valence-electron chi connectivity index (χ4n) is 3.47. The largest absolute Gasteiger partial charge is 0.370 e. The maximum Gasteiger partial charge on any atom is 0.273 e. The molecule has 0 aromatic carbocycles. The summed E-state index contributed by atoms with van der Waals surface area (Å²) in [6.45, 7) is 8.03. The molecule has 1 aromatic heterocycles. The third-order valence-corrected chi connectivity index (χ3v) is 5.00. The summed E-state index contributed by atoms with van der Waals surface area (Å²) < 4.78 is 6.33. The summed E-state index contributed by atoms with van der Waals surface area (Å²) in [6, 6.07) is 0. The Morgan fingerprint density at radius 1 is 1.46 bits per heavy atom. The topological polar surface area (TPSA) is 83.1 Å². The molecule has 0 radical (unpaired) electrons. The molecule has 2 saturated heterocycles. The second kappa shape index (κ2) is 7.44. The van der Waals surface area contributed by atoms with Crippen LogP contribution in [-0.2, 0) is 4.74 Å². The Balaban J connectivity index is 1.42. The van der Waals surface area contributed by atoms with Gasteiger partial charge in [-0.05, 0) is 39.5 Å². The van der Waals surface area contributed by atoms with Crippen LogP contribution in [0.2, 0.25) is 0 Å². The van der Waals surface area contributed by atoms with Crippen molar-refractivity contribution >= 4 is 5.91 Å². The summed E-state index contributed by atoms with van der Waals surface area (Å²) >= 11 is 0. The van der Waals surface area contributed by atoms with Gasteiger partial charge in [-0.25, -0.2) is 0 Å². The number of piperidine rings is 1. The third kappa shape index (κ3) is 4.21. The molecule has 2 fully saturated rings. The van der Waals surface area contributed by atoms with E-state index in [1.807, 2.05) is 0 Å². The molecule has 2 aliphatic heterocycles. The van der Waals surface area contributed by atoms with Gasteiger partial charge in [-0.15, -0.1) is 0 Å². The van der Waals surface area contributed by atoms with Crippen LogP contribution in [0.15, 0.2) is 17.8 Å². The van der Waals surface area contributed by atoms with E-state index in [1.165, 1.54) is 11.8 Å².